The van der Waals surface area contributed by atoms with Gasteiger partial charge in [-0.25, -0.2) is 0 Å². The minimum atomic E-state index is -4.42. The first kappa shape index (κ1) is 20.2. The van der Waals surface area contributed by atoms with Crippen LogP contribution in [0.4, 0.5) is 13.2 Å². The van der Waals surface area contributed by atoms with E-state index in [0.29, 0.717) is 18.7 Å². The van der Waals surface area contributed by atoms with Gasteiger partial charge in [-0.05, 0) is 42.2 Å². The summed E-state index contributed by atoms with van der Waals surface area (Å²) in [6.07, 6.45) is -2.30. The van der Waals surface area contributed by atoms with Crippen LogP contribution in [0.2, 0.25) is 0 Å². The third-order valence-corrected chi connectivity index (χ3v) is 4.49. The second-order valence-electron chi connectivity index (χ2n) is 6.74. The van der Waals surface area contributed by atoms with E-state index in [1.807, 2.05) is 24.3 Å². The van der Waals surface area contributed by atoms with Gasteiger partial charge in [-0.15, -0.1) is 0 Å². The van der Waals surface area contributed by atoms with Gasteiger partial charge >= 0.3 is 6.18 Å². The Morgan fingerprint density at radius 3 is 2.61 bits per heavy atom. The molecule has 28 heavy (non-hydrogen) atoms. The summed E-state index contributed by atoms with van der Waals surface area (Å²) in [6, 6.07) is 12.1. The van der Waals surface area contributed by atoms with Crippen LogP contribution in [-0.2, 0) is 28.7 Å². The number of carbonyl (C=O) groups excluding carboxylic acids is 1. The Labute approximate surface area is 161 Å². The number of alkyl halides is 3. The summed E-state index contributed by atoms with van der Waals surface area (Å²) in [4.78, 5) is 12.0. The molecule has 1 fully saturated rings. The predicted molar refractivity (Wildman–Crippen MR) is 97.9 cm³/mol. The van der Waals surface area contributed by atoms with E-state index in [0.717, 1.165) is 42.9 Å². The van der Waals surface area contributed by atoms with Crippen LogP contribution in [0, 0.1) is 0 Å². The fourth-order valence-corrected chi connectivity index (χ4v) is 2.97. The van der Waals surface area contributed by atoms with Crippen LogP contribution in [0.5, 0.6) is 5.75 Å². The number of ether oxygens (including phenoxy) is 2. The third-order valence-electron chi connectivity index (χ3n) is 4.49. The van der Waals surface area contributed by atoms with Crippen LogP contribution in [-0.4, -0.2) is 25.2 Å². The van der Waals surface area contributed by atoms with E-state index in [1.54, 1.807) is 0 Å². The average molecular weight is 393 g/mol. The molecule has 0 bridgehead atoms. The van der Waals surface area contributed by atoms with Crippen LogP contribution >= 0.6 is 0 Å². The van der Waals surface area contributed by atoms with Crippen molar-refractivity contribution in [2.24, 2.45) is 0 Å². The highest BCUT2D eigenvalue weighted by Gasteiger charge is 2.30. The zero-order valence-electron chi connectivity index (χ0n) is 15.3. The first-order valence-electron chi connectivity index (χ1n) is 9.16. The van der Waals surface area contributed by atoms with E-state index < -0.39 is 11.7 Å². The molecule has 1 amide bonds. The lowest BCUT2D eigenvalue weighted by atomic mass is 10.1. The zero-order valence-corrected chi connectivity index (χ0v) is 15.3. The molecule has 0 aliphatic carbocycles. The van der Waals surface area contributed by atoms with Crippen LogP contribution in [0.3, 0.4) is 0 Å². The van der Waals surface area contributed by atoms with E-state index in [-0.39, 0.29) is 18.4 Å². The summed E-state index contributed by atoms with van der Waals surface area (Å²) in [5, 5.41) is 2.72. The number of hydrogen-bond donors (Lipinski definition) is 1. The molecule has 0 saturated carbocycles. The highest BCUT2D eigenvalue weighted by Crippen LogP contribution is 2.29. The largest absolute Gasteiger partial charge is 0.491 e. The van der Waals surface area contributed by atoms with E-state index >= 15 is 0 Å². The molecule has 1 aliphatic heterocycles. The van der Waals surface area contributed by atoms with Gasteiger partial charge < -0.3 is 14.8 Å². The van der Waals surface area contributed by atoms with Crippen LogP contribution in [0.15, 0.2) is 48.5 Å². The fraction of sp³-hybridized carbons (Fsp3) is 0.381. The molecule has 2 aromatic carbocycles. The van der Waals surface area contributed by atoms with Gasteiger partial charge in [0.05, 0.1) is 18.1 Å². The Morgan fingerprint density at radius 2 is 1.93 bits per heavy atom. The highest BCUT2D eigenvalue weighted by atomic mass is 19.4. The van der Waals surface area contributed by atoms with E-state index in [4.69, 9.17) is 9.47 Å². The lowest BCUT2D eigenvalue weighted by molar-refractivity contribution is -0.137. The maximum Gasteiger partial charge on any atom is 0.416 e. The van der Waals surface area contributed by atoms with Gasteiger partial charge in [0.25, 0.3) is 0 Å². The minimum absolute atomic E-state index is 0.105. The molecule has 1 N–H and O–H groups in total. The molecule has 0 aromatic heterocycles. The molecule has 150 valence electrons. The number of amides is 1. The highest BCUT2D eigenvalue weighted by molar-refractivity contribution is 5.78. The second-order valence-corrected chi connectivity index (χ2v) is 6.74. The van der Waals surface area contributed by atoms with Crippen molar-refractivity contribution >= 4 is 5.91 Å². The second kappa shape index (κ2) is 9.10. The van der Waals surface area contributed by atoms with Crippen molar-refractivity contribution in [3.8, 4) is 5.75 Å². The topological polar surface area (TPSA) is 47.6 Å². The Balaban J connectivity index is 1.45. The van der Waals surface area contributed by atoms with Gasteiger partial charge in [-0.2, -0.15) is 13.2 Å². The van der Waals surface area contributed by atoms with Crippen molar-refractivity contribution in [2.75, 3.05) is 13.2 Å². The molecular formula is C21H22F3NO3. The van der Waals surface area contributed by atoms with E-state index in [2.05, 4.69) is 5.32 Å². The fourth-order valence-electron chi connectivity index (χ4n) is 2.97. The Bertz CT molecular complexity index is 784. The minimum Gasteiger partial charge on any atom is -0.491 e. The number of nitrogens with one attached hydrogen (secondary N) is 1. The molecule has 1 unspecified atom stereocenters. The van der Waals surface area contributed by atoms with Crippen molar-refractivity contribution in [3.63, 3.8) is 0 Å². The van der Waals surface area contributed by atoms with Crippen molar-refractivity contribution < 1.29 is 27.4 Å². The van der Waals surface area contributed by atoms with Crippen molar-refractivity contribution in [2.45, 2.75) is 38.1 Å². The molecule has 1 heterocycles. The molecule has 0 spiro atoms. The molecule has 0 radical (unpaired) electrons. The molecule has 1 aliphatic rings. The maximum atomic E-state index is 12.7. The average Bonchev–Trinajstić information content (AvgIpc) is 3.19. The van der Waals surface area contributed by atoms with Gasteiger partial charge in [-0.3, -0.25) is 4.79 Å². The smallest absolute Gasteiger partial charge is 0.416 e. The van der Waals surface area contributed by atoms with Crippen LogP contribution < -0.4 is 10.1 Å². The van der Waals surface area contributed by atoms with Gasteiger partial charge in [0.1, 0.15) is 12.4 Å². The van der Waals surface area contributed by atoms with Crippen molar-refractivity contribution in [1.82, 2.24) is 5.32 Å². The Morgan fingerprint density at radius 1 is 1.14 bits per heavy atom. The first-order chi connectivity index (χ1) is 13.4. The van der Waals surface area contributed by atoms with Crippen molar-refractivity contribution in [1.29, 1.82) is 0 Å². The monoisotopic (exact) mass is 393 g/mol. The van der Waals surface area contributed by atoms with Crippen LogP contribution in [0.1, 0.15) is 29.5 Å². The van der Waals surface area contributed by atoms with E-state index in [1.165, 1.54) is 12.1 Å². The molecule has 1 saturated heterocycles. The molecule has 3 rings (SSSR count). The summed E-state index contributed by atoms with van der Waals surface area (Å²) in [5.41, 5.74) is 0.448. The molecule has 1 atom stereocenters. The quantitative estimate of drug-likeness (QED) is 0.770. The molecule has 2 aromatic rings. The first-order valence-corrected chi connectivity index (χ1v) is 9.16. The van der Waals surface area contributed by atoms with Crippen LogP contribution in [0.25, 0.3) is 0 Å². The normalized spacial score (nSPS) is 16.8. The number of hydrogen-bond acceptors (Lipinski definition) is 3. The number of carbonyl (C=O) groups is 1. The molecule has 4 nitrogen and oxygen atoms in total. The number of rotatable bonds is 7. The SMILES string of the molecule is O=C(Cc1cccc(C(F)(F)F)c1)NCc1ccc(OCC2CCCO2)cc1. The maximum absolute atomic E-state index is 12.7. The van der Waals surface area contributed by atoms with Gasteiger partial charge in [-0.1, -0.05) is 30.3 Å². The molecule has 7 heteroatoms. The summed E-state index contributed by atoms with van der Waals surface area (Å²) in [7, 11) is 0. The number of halogens is 3. The predicted octanol–water partition coefficient (Wildman–Crippen LogP) is 4.12. The van der Waals surface area contributed by atoms with E-state index in [9.17, 15) is 18.0 Å². The Kier molecular flexibility index (Phi) is 6.57. The summed E-state index contributed by atoms with van der Waals surface area (Å²) in [5.74, 6) is 0.396. The molecular weight excluding hydrogens is 371 g/mol. The summed E-state index contributed by atoms with van der Waals surface area (Å²) < 4.78 is 49.4. The Hall–Kier alpha value is -2.54. The third kappa shape index (κ3) is 5.99. The van der Waals surface area contributed by atoms with Crippen molar-refractivity contribution in [3.05, 3.63) is 65.2 Å². The lowest BCUT2D eigenvalue weighted by Crippen LogP contribution is -2.24. The lowest BCUT2D eigenvalue weighted by Gasteiger charge is -2.12. The summed E-state index contributed by atoms with van der Waals surface area (Å²) >= 11 is 0. The summed E-state index contributed by atoms with van der Waals surface area (Å²) in [6.45, 7) is 1.60. The van der Waals surface area contributed by atoms with Gasteiger partial charge in [0, 0.05) is 13.2 Å². The number of benzene rings is 2. The van der Waals surface area contributed by atoms with Gasteiger partial charge in [0.15, 0.2) is 0 Å². The standard InChI is InChI=1S/C21H22F3NO3/c22-21(23,24)17-4-1-3-16(11-17)12-20(26)25-13-15-6-8-18(9-7-15)28-14-19-5-2-10-27-19/h1,3-4,6-9,11,19H,2,5,10,12-14H2,(H,25,26). The zero-order chi connectivity index (χ0) is 20.0. The van der Waals surface area contributed by atoms with Gasteiger partial charge in [0.2, 0.25) is 5.91 Å².